The minimum Gasteiger partial charge on any atom is -0.465 e. The van der Waals surface area contributed by atoms with Crippen molar-refractivity contribution in [1.29, 1.82) is 0 Å². The molecule has 1 unspecified atom stereocenters. The lowest BCUT2D eigenvalue weighted by Gasteiger charge is -2.31. The number of hydrogen-bond donors (Lipinski definition) is 3. The second kappa shape index (κ2) is 11.8. The number of aliphatic hydroxyl groups excluding tert-OH is 2. The van der Waals surface area contributed by atoms with Gasteiger partial charge in [-0.3, -0.25) is 23.7 Å². The molecule has 210 valence electrons. The van der Waals surface area contributed by atoms with Gasteiger partial charge in [-0.15, -0.1) is 0 Å². The minimum atomic E-state index is -4.34. The van der Waals surface area contributed by atoms with E-state index in [1.54, 1.807) is 25.1 Å². The molecule has 0 aliphatic carbocycles. The normalized spacial score (nSPS) is 28.5. The highest BCUT2D eigenvalue weighted by Gasteiger charge is 2.56. The summed E-state index contributed by atoms with van der Waals surface area (Å²) in [6, 6.07) is 7.88. The van der Waals surface area contributed by atoms with Gasteiger partial charge in [-0.1, -0.05) is 23.3 Å². The average molecular weight is 566 g/mol. The Morgan fingerprint density at radius 2 is 2.05 bits per heavy atom. The summed E-state index contributed by atoms with van der Waals surface area (Å²) in [5.74, 6) is -0.563. The maximum Gasteiger partial charge on any atom is 0.377 e. The lowest BCUT2D eigenvalue weighted by Crippen LogP contribution is -2.45. The molecule has 6 atom stereocenters. The van der Waals surface area contributed by atoms with E-state index in [0.717, 1.165) is 16.8 Å². The van der Waals surface area contributed by atoms with Crippen LogP contribution < -0.4 is 16.6 Å². The Bertz CT molecular complexity index is 1400. The molecular weight excluding hydrogens is 539 g/mol. The van der Waals surface area contributed by atoms with E-state index in [-0.39, 0.29) is 18.5 Å². The average Bonchev–Trinajstić information content (AvgIpc) is 3.47. The molecule has 0 saturated carbocycles. The first-order chi connectivity index (χ1) is 18.6. The van der Waals surface area contributed by atoms with Gasteiger partial charge >= 0.3 is 19.3 Å². The summed E-state index contributed by atoms with van der Waals surface area (Å²) in [6.45, 7) is 1.14. The van der Waals surface area contributed by atoms with Crippen LogP contribution in [0.25, 0.3) is 10.4 Å². The maximum atomic E-state index is 14.2. The highest BCUT2D eigenvalue weighted by atomic mass is 31.2. The first kappa shape index (κ1) is 28.7. The summed E-state index contributed by atoms with van der Waals surface area (Å²) in [5, 5.41) is 26.3. The van der Waals surface area contributed by atoms with Gasteiger partial charge in [-0.05, 0) is 37.4 Å². The van der Waals surface area contributed by atoms with Crippen LogP contribution in [0.5, 0.6) is 0 Å². The van der Waals surface area contributed by atoms with Gasteiger partial charge in [0, 0.05) is 23.7 Å². The molecule has 0 spiro atoms. The van der Waals surface area contributed by atoms with E-state index in [4.69, 9.17) is 18.6 Å². The zero-order chi connectivity index (χ0) is 28.2. The Hall–Kier alpha value is -3.33. The molecule has 2 saturated heterocycles. The summed E-state index contributed by atoms with van der Waals surface area (Å²) >= 11 is 0. The molecule has 2 aromatic rings. The molecule has 3 N–H and O–H groups in total. The molecule has 3 heterocycles. The van der Waals surface area contributed by atoms with Crippen molar-refractivity contribution in [3.05, 3.63) is 73.9 Å². The van der Waals surface area contributed by atoms with Crippen molar-refractivity contribution in [3.63, 3.8) is 0 Å². The Morgan fingerprint density at radius 1 is 1.31 bits per heavy atom. The van der Waals surface area contributed by atoms with Gasteiger partial charge in [0.2, 0.25) is 5.72 Å². The second-order valence-corrected chi connectivity index (χ2v) is 10.7. The van der Waals surface area contributed by atoms with Gasteiger partial charge in [0.25, 0.3) is 5.56 Å². The lowest BCUT2D eigenvalue weighted by molar-refractivity contribution is -0.163. The fraction of sp³-hybridized carbons (Fsp3) is 0.500. The third-order valence-corrected chi connectivity index (χ3v) is 8.05. The number of aromatic amines is 1. The van der Waals surface area contributed by atoms with Gasteiger partial charge < -0.3 is 24.2 Å². The minimum absolute atomic E-state index is 0.0806. The summed E-state index contributed by atoms with van der Waals surface area (Å²) in [5.41, 5.74) is 5.18. The molecular formula is C22H27N6O10P. The SMILES string of the molecule is CCOC(=O)[C@@H]1CCCN1OP(=O)(OC[C@@]1(N=[N+]=[N-])O[C@@H](n2ccc(=O)[nH]c2=O)[C@H](O)[C@@H]1O)c1ccccc1. The van der Waals surface area contributed by atoms with Crippen LogP contribution in [0.4, 0.5) is 0 Å². The number of ether oxygens (including phenoxy) is 2. The van der Waals surface area contributed by atoms with E-state index in [2.05, 4.69) is 10.0 Å². The Morgan fingerprint density at radius 3 is 2.72 bits per heavy atom. The van der Waals surface area contributed by atoms with E-state index in [1.165, 1.54) is 17.2 Å². The fourth-order valence-corrected chi connectivity index (χ4v) is 5.96. The van der Waals surface area contributed by atoms with Crippen molar-refractivity contribution < 1.29 is 38.2 Å². The van der Waals surface area contributed by atoms with Crippen molar-refractivity contribution >= 4 is 18.9 Å². The molecule has 1 aromatic carbocycles. The van der Waals surface area contributed by atoms with E-state index >= 15 is 0 Å². The predicted molar refractivity (Wildman–Crippen MR) is 132 cm³/mol. The lowest BCUT2D eigenvalue weighted by atomic mass is 10.1. The predicted octanol–water partition coefficient (Wildman–Crippen LogP) is 0.288. The summed E-state index contributed by atoms with van der Waals surface area (Å²) in [4.78, 5) is 40.8. The van der Waals surface area contributed by atoms with Gasteiger partial charge in [0.15, 0.2) is 6.23 Å². The van der Waals surface area contributed by atoms with Gasteiger partial charge in [-0.2, -0.15) is 5.06 Å². The third-order valence-electron chi connectivity index (χ3n) is 6.23. The summed E-state index contributed by atoms with van der Waals surface area (Å²) in [6.07, 6.45) is -3.44. The number of aromatic nitrogens is 2. The van der Waals surface area contributed by atoms with Crippen molar-refractivity contribution in [3.8, 4) is 0 Å². The number of hydrogen-bond acceptors (Lipinski definition) is 12. The summed E-state index contributed by atoms with van der Waals surface area (Å²) in [7, 11) is -4.34. The zero-order valence-electron chi connectivity index (χ0n) is 20.7. The molecule has 2 aliphatic rings. The molecule has 39 heavy (non-hydrogen) atoms. The highest BCUT2D eigenvalue weighted by molar-refractivity contribution is 7.62. The Labute approximate surface area is 220 Å². The molecule has 0 radical (unpaired) electrons. The molecule has 2 aliphatic heterocycles. The Kier molecular flexibility index (Phi) is 8.69. The number of H-pyrrole nitrogens is 1. The monoisotopic (exact) mass is 566 g/mol. The highest BCUT2D eigenvalue weighted by Crippen LogP contribution is 2.51. The molecule has 0 bridgehead atoms. The Balaban J connectivity index is 1.64. The first-order valence-corrected chi connectivity index (χ1v) is 13.5. The van der Waals surface area contributed by atoms with Crippen molar-refractivity contribution in [2.75, 3.05) is 19.8 Å². The second-order valence-electron chi connectivity index (χ2n) is 8.73. The van der Waals surface area contributed by atoms with Crippen LogP contribution in [0.3, 0.4) is 0 Å². The van der Waals surface area contributed by atoms with Crippen LogP contribution in [0.1, 0.15) is 26.0 Å². The summed E-state index contributed by atoms with van der Waals surface area (Å²) < 4.78 is 37.2. The van der Waals surface area contributed by atoms with Crippen molar-refractivity contribution in [2.45, 2.75) is 50.0 Å². The van der Waals surface area contributed by atoms with Crippen LogP contribution in [0.2, 0.25) is 0 Å². The van der Waals surface area contributed by atoms with Crippen LogP contribution in [-0.2, 0) is 28.0 Å². The van der Waals surface area contributed by atoms with Gasteiger partial charge in [-0.25, -0.2) is 9.42 Å². The number of nitrogens with zero attached hydrogens (tertiary/aromatic N) is 5. The van der Waals surface area contributed by atoms with E-state index in [1.807, 2.05) is 4.98 Å². The van der Waals surface area contributed by atoms with Crippen LogP contribution in [0, 0.1) is 0 Å². The number of benzene rings is 1. The molecule has 0 amide bonds. The number of rotatable bonds is 10. The zero-order valence-corrected chi connectivity index (χ0v) is 21.6. The van der Waals surface area contributed by atoms with E-state index < -0.39 is 61.6 Å². The molecule has 2 fully saturated rings. The topological polar surface area (TPSA) is 218 Å². The van der Waals surface area contributed by atoms with Gasteiger partial charge in [0.1, 0.15) is 18.2 Å². The van der Waals surface area contributed by atoms with Crippen molar-refractivity contribution in [1.82, 2.24) is 14.6 Å². The largest absolute Gasteiger partial charge is 0.465 e. The van der Waals surface area contributed by atoms with E-state index in [0.29, 0.717) is 12.8 Å². The number of hydroxylamine groups is 2. The maximum absolute atomic E-state index is 14.2. The van der Waals surface area contributed by atoms with Crippen molar-refractivity contribution in [2.24, 2.45) is 5.11 Å². The number of esters is 1. The molecule has 17 heteroatoms. The third kappa shape index (κ3) is 5.83. The van der Waals surface area contributed by atoms with Crippen LogP contribution >= 0.6 is 7.60 Å². The quantitative estimate of drug-likeness (QED) is 0.117. The molecule has 4 rings (SSSR count). The number of carbonyl (C=O) groups is 1. The number of azide groups is 1. The van der Waals surface area contributed by atoms with Crippen LogP contribution in [0.15, 0.2) is 57.3 Å². The van der Waals surface area contributed by atoms with Crippen LogP contribution in [-0.4, -0.2) is 74.5 Å². The number of carbonyl (C=O) groups excluding carboxylic acids is 1. The fourth-order valence-electron chi connectivity index (χ4n) is 4.31. The van der Waals surface area contributed by atoms with Gasteiger partial charge in [0.05, 0.1) is 18.5 Å². The van der Waals surface area contributed by atoms with E-state index in [9.17, 15) is 34.7 Å². The first-order valence-electron chi connectivity index (χ1n) is 12.0. The standard InChI is InChI=1S/C22H27N6O10P/c1-2-35-20(32)15-9-6-11-28(15)38-39(34,14-7-4-3-5-8-14)36-13-22(25-26-23)18(31)17(30)19(37-22)27-12-10-16(29)24-21(27)33/h3-5,7-8,10,12,15,17-19,30-31H,2,6,9,11,13H2,1H3,(H,24,29,33)/t15-,17+,18-,19+,22+,39?/m0/s1. The number of aliphatic hydroxyl groups is 2. The smallest absolute Gasteiger partial charge is 0.377 e. The number of nitrogens with one attached hydrogen (secondary N) is 1. The molecule has 16 nitrogen and oxygen atoms in total. The molecule has 1 aromatic heterocycles.